The SMILES string of the molecule is CCOc1c(I)cc(/C=C2\SC(=Nc3cccc(C(=O)O)c3)N(CC)C2=O)cc1OC. The summed E-state index contributed by atoms with van der Waals surface area (Å²) in [6.07, 6.45) is 1.80. The number of ether oxygens (including phenoxy) is 2. The average Bonchev–Trinajstić information content (AvgIpc) is 3.03. The minimum atomic E-state index is -1.02. The lowest BCUT2D eigenvalue weighted by Gasteiger charge is -2.12. The number of aliphatic imine (C=N–C) groups is 1. The number of carboxylic acid groups (broad SMARTS) is 1. The van der Waals surface area contributed by atoms with E-state index in [2.05, 4.69) is 27.6 Å². The lowest BCUT2D eigenvalue weighted by molar-refractivity contribution is -0.122. The highest BCUT2D eigenvalue weighted by atomic mass is 127. The van der Waals surface area contributed by atoms with Crippen molar-refractivity contribution in [3.8, 4) is 11.5 Å². The van der Waals surface area contributed by atoms with E-state index in [1.54, 1.807) is 30.2 Å². The van der Waals surface area contributed by atoms with Gasteiger partial charge in [-0.2, -0.15) is 0 Å². The van der Waals surface area contributed by atoms with E-state index in [0.717, 1.165) is 9.13 Å². The van der Waals surface area contributed by atoms with Crippen LogP contribution in [-0.2, 0) is 4.79 Å². The molecule has 0 saturated carbocycles. The highest BCUT2D eigenvalue weighted by molar-refractivity contribution is 14.1. The van der Waals surface area contributed by atoms with Crippen LogP contribution in [-0.4, -0.2) is 47.3 Å². The van der Waals surface area contributed by atoms with Crippen LogP contribution in [0.15, 0.2) is 46.3 Å². The molecule has 0 bridgehead atoms. The number of carboxylic acids is 1. The highest BCUT2D eigenvalue weighted by Crippen LogP contribution is 2.38. The molecule has 1 aliphatic rings. The summed E-state index contributed by atoms with van der Waals surface area (Å²) in [5, 5.41) is 9.70. The minimum absolute atomic E-state index is 0.144. The van der Waals surface area contributed by atoms with Crippen LogP contribution in [0.25, 0.3) is 6.08 Å². The Morgan fingerprint density at radius 2 is 2.06 bits per heavy atom. The zero-order valence-corrected chi connectivity index (χ0v) is 20.2. The molecule has 3 rings (SSSR count). The predicted octanol–water partition coefficient (Wildman–Crippen LogP) is 5.02. The molecule has 1 heterocycles. The number of hydrogen-bond donors (Lipinski definition) is 1. The number of aromatic carboxylic acids is 1. The van der Waals surface area contributed by atoms with Gasteiger partial charge in [-0.15, -0.1) is 0 Å². The molecule has 2 aromatic carbocycles. The van der Waals surface area contributed by atoms with Gasteiger partial charge in [-0.05, 0) is 90.2 Å². The van der Waals surface area contributed by atoms with Crippen LogP contribution in [0.3, 0.4) is 0 Å². The quantitative estimate of drug-likeness (QED) is 0.384. The number of rotatable bonds is 7. The monoisotopic (exact) mass is 552 g/mol. The predicted molar refractivity (Wildman–Crippen MR) is 130 cm³/mol. The van der Waals surface area contributed by atoms with Crippen molar-refractivity contribution in [3.05, 3.63) is 56.0 Å². The number of benzene rings is 2. The summed E-state index contributed by atoms with van der Waals surface area (Å²) < 4.78 is 12.0. The van der Waals surface area contributed by atoms with Gasteiger partial charge in [0, 0.05) is 6.54 Å². The van der Waals surface area contributed by atoms with Gasteiger partial charge < -0.3 is 14.6 Å². The van der Waals surface area contributed by atoms with Crippen molar-refractivity contribution in [2.24, 2.45) is 4.99 Å². The number of methoxy groups -OCH3 is 1. The van der Waals surface area contributed by atoms with Crippen LogP contribution in [0.4, 0.5) is 5.69 Å². The van der Waals surface area contributed by atoms with Gasteiger partial charge >= 0.3 is 5.97 Å². The zero-order valence-electron chi connectivity index (χ0n) is 17.2. The van der Waals surface area contributed by atoms with Crippen LogP contribution < -0.4 is 9.47 Å². The number of halogens is 1. The third-order valence-corrected chi connectivity index (χ3v) is 6.17. The number of hydrogen-bond acceptors (Lipinski definition) is 6. The summed E-state index contributed by atoms with van der Waals surface area (Å²) in [5.74, 6) is 0.101. The second-order valence-corrected chi connectivity index (χ2v) is 8.55. The maximum Gasteiger partial charge on any atom is 0.335 e. The van der Waals surface area contributed by atoms with Gasteiger partial charge in [0.05, 0.1) is 33.4 Å². The smallest absolute Gasteiger partial charge is 0.335 e. The van der Waals surface area contributed by atoms with Crippen molar-refractivity contribution in [2.45, 2.75) is 13.8 Å². The fourth-order valence-corrected chi connectivity index (χ4v) is 4.79. The molecule has 0 aliphatic carbocycles. The van der Waals surface area contributed by atoms with E-state index >= 15 is 0 Å². The number of thioether (sulfide) groups is 1. The first-order chi connectivity index (χ1) is 14.9. The standard InChI is InChI=1S/C22H21IN2O5S/c1-4-25-20(26)18(11-13-9-16(23)19(30-5-2)17(10-13)29-3)31-22(25)24-15-8-6-7-14(12-15)21(27)28/h6-12H,4-5H2,1-3H3,(H,27,28)/b18-11-,24-22?. The van der Waals surface area contributed by atoms with E-state index in [0.29, 0.717) is 40.4 Å². The number of nitrogens with zero attached hydrogens (tertiary/aromatic N) is 2. The summed E-state index contributed by atoms with van der Waals surface area (Å²) in [5.41, 5.74) is 1.43. The highest BCUT2D eigenvalue weighted by Gasteiger charge is 2.32. The minimum Gasteiger partial charge on any atom is -0.493 e. The van der Waals surface area contributed by atoms with Crippen LogP contribution in [0.2, 0.25) is 0 Å². The average molecular weight is 552 g/mol. The number of amides is 1. The first kappa shape index (κ1) is 23.1. The first-order valence-corrected chi connectivity index (χ1v) is 11.4. The Kier molecular flexibility index (Phi) is 7.60. The Bertz CT molecular complexity index is 1080. The van der Waals surface area contributed by atoms with Gasteiger partial charge in [-0.1, -0.05) is 6.07 Å². The van der Waals surface area contributed by atoms with Crippen LogP contribution in [0.1, 0.15) is 29.8 Å². The number of amidine groups is 1. The normalized spacial score (nSPS) is 16.3. The largest absolute Gasteiger partial charge is 0.493 e. The topological polar surface area (TPSA) is 88.4 Å². The Hall–Kier alpha value is -2.53. The molecular formula is C22H21IN2O5S. The molecule has 1 amide bonds. The number of likely N-dealkylation sites (N-methyl/N-ethyl adjacent to an activating group) is 1. The van der Waals surface area contributed by atoms with Gasteiger partial charge in [0.2, 0.25) is 0 Å². The van der Waals surface area contributed by atoms with E-state index < -0.39 is 5.97 Å². The van der Waals surface area contributed by atoms with Crippen LogP contribution >= 0.6 is 34.4 Å². The Morgan fingerprint density at radius 1 is 1.29 bits per heavy atom. The number of carbonyl (C=O) groups excluding carboxylic acids is 1. The summed E-state index contributed by atoms with van der Waals surface area (Å²) in [6.45, 7) is 4.75. The Morgan fingerprint density at radius 3 is 2.71 bits per heavy atom. The number of carbonyl (C=O) groups is 2. The van der Waals surface area contributed by atoms with Gasteiger partial charge in [0.15, 0.2) is 16.7 Å². The summed E-state index contributed by atoms with van der Waals surface area (Å²) in [7, 11) is 1.58. The molecule has 9 heteroatoms. The molecule has 2 aromatic rings. The van der Waals surface area contributed by atoms with Crippen molar-refractivity contribution in [2.75, 3.05) is 20.3 Å². The molecule has 31 heavy (non-hydrogen) atoms. The molecular weight excluding hydrogens is 531 g/mol. The van der Waals surface area contributed by atoms with E-state index in [1.165, 1.54) is 23.9 Å². The third kappa shape index (κ3) is 5.21. The maximum absolute atomic E-state index is 12.9. The second-order valence-electron chi connectivity index (χ2n) is 6.38. The van der Waals surface area contributed by atoms with Gasteiger partial charge in [-0.3, -0.25) is 9.69 Å². The lowest BCUT2D eigenvalue weighted by atomic mass is 10.2. The molecule has 0 radical (unpaired) electrons. The molecule has 1 saturated heterocycles. The molecule has 1 aliphatic heterocycles. The van der Waals surface area contributed by atoms with Crippen molar-refractivity contribution in [1.82, 2.24) is 4.90 Å². The van der Waals surface area contributed by atoms with Crippen molar-refractivity contribution >= 4 is 63.2 Å². The maximum atomic E-state index is 12.9. The summed E-state index contributed by atoms with van der Waals surface area (Å²) in [6, 6.07) is 10.1. The molecule has 7 nitrogen and oxygen atoms in total. The van der Waals surface area contributed by atoms with Crippen molar-refractivity contribution in [3.63, 3.8) is 0 Å². The first-order valence-electron chi connectivity index (χ1n) is 9.51. The van der Waals surface area contributed by atoms with E-state index in [4.69, 9.17) is 9.47 Å². The van der Waals surface area contributed by atoms with Gasteiger partial charge in [-0.25, -0.2) is 9.79 Å². The van der Waals surface area contributed by atoms with Crippen molar-refractivity contribution < 1.29 is 24.2 Å². The van der Waals surface area contributed by atoms with Crippen LogP contribution in [0, 0.1) is 3.57 Å². The lowest BCUT2D eigenvalue weighted by Crippen LogP contribution is -2.28. The fourth-order valence-electron chi connectivity index (χ4n) is 2.95. The second kappa shape index (κ2) is 10.2. The van der Waals surface area contributed by atoms with E-state index in [1.807, 2.05) is 26.0 Å². The van der Waals surface area contributed by atoms with Gasteiger partial charge in [0.1, 0.15) is 0 Å². The summed E-state index contributed by atoms with van der Waals surface area (Å²) in [4.78, 5) is 30.8. The molecule has 0 spiro atoms. The Balaban J connectivity index is 1.96. The van der Waals surface area contributed by atoms with E-state index in [9.17, 15) is 14.7 Å². The molecule has 1 fully saturated rings. The van der Waals surface area contributed by atoms with E-state index in [-0.39, 0.29) is 11.5 Å². The van der Waals surface area contributed by atoms with Crippen molar-refractivity contribution in [1.29, 1.82) is 0 Å². The molecule has 0 aromatic heterocycles. The Labute approximate surface area is 198 Å². The molecule has 0 unspecified atom stereocenters. The third-order valence-electron chi connectivity index (χ3n) is 4.36. The molecule has 1 N–H and O–H groups in total. The zero-order chi connectivity index (χ0) is 22.5. The van der Waals surface area contributed by atoms with Gasteiger partial charge in [0.25, 0.3) is 5.91 Å². The fraction of sp³-hybridized carbons (Fsp3) is 0.227. The molecule has 0 atom stereocenters. The van der Waals surface area contributed by atoms with Crippen LogP contribution in [0.5, 0.6) is 11.5 Å². The summed E-state index contributed by atoms with van der Waals surface area (Å²) >= 11 is 3.44. The molecule has 162 valence electrons.